The summed E-state index contributed by atoms with van der Waals surface area (Å²) in [6.45, 7) is 2.58. The standard InChI is InChI=1S/C7H9Cl6N3/c1-2-3-16-5(15(13)4-14-16)6(8,9)7(10,11)12/h4-5H,2-3H2,1H3. The Balaban J connectivity index is 2.93. The lowest BCUT2D eigenvalue weighted by Crippen LogP contribution is -2.54. The van der Waals surface area contributed by atoms with E-state index >= 15 is 0 Å². The molecular weight excluding hydrogens is 339 g/mol. The summed E-state index contributed by atoms with van der Waals surface area (Å²) in [5.41, 5.74) is 0. The van der Waals surface area contributed by atoms with Crippen LogP contribution in [0.5, 0.6) is 0 Å². The molecule has 0 spiro atoms. The van der Waals surface area contributed by atoms with Crippen molar-refractivity contribution in [2.24, 2.45) is 5.10 Å². The van der Waals surface area contributed by atoms with Crippen molar-refractivity contribution < 1.29 is 0 Å². The summed E-state index contributed by atoms with van der Waals surface area (Å²) >= 11 is 35.2. The Kier molecular flexibility index (Phi) is 5.02. The number of rotatable bonds is 3. The van der Waals surface area contributed by atoms with Crippen molar-refractivity contribution in [2.75, 3.05) is 6.54 Å². The predicted molar refractivity (Wildman–Crippen MR) is 71.7 cm³/mol. The lowest BCUT2D eigenvalue weighted by atomic mass is 10.3. The molecule has 0 fully saturated rings. The van der Waals surface area contributed by atoms with Crippen molar-refractivity contribution in [3.8, 4) is 0 Å². The van der Waals surface area contributed by atoms with Gasteiger partial charge in [0.2, 0.25) is 8.13 Å². The van der Waals surface area contributed by atoms with E-state index in [4.69, 9.17) is 69.8 Å². The summed E-state index contributed by atoms with van der Waals surface area (Å²) < 4.78 is -2.39. The maximum Gasteiger partial charge on any atom is 0.227 e. The largest absolute Gasteiger partial charge is 0.269 e. The fourth-order valence-corrected chi connectivity index (χ4v) is 2.38. The van der Waals surface area contributed by atoms with Crippen LogP contribution in [-0.4, -0.2) is 36.6 Å². The summed E-state index contributed by atoms with van der Waals surface area (Å²) in [5.74, 6) is 0. The molecule has 1 aliphatic heterocycles. The minimum atomic E-state index is -1.88. The van der Waals surface area contributed by atoms with Crippen molar-refractivity contribution >= 4 is 76.1 Å². The third kappa shape index (κ3) is 2.88. The Hall–Kier alpha value is 1.01. The number of hydrazone groups is 1. The molecular formula is C7H9Cl6N3. The van der Waals surface area contributed by atoms with Gasteiger partial charge in [-0.1, -0.05) is 64.9 Å². The molecule has 94 valence electrons. The molecule has 1 heterocycles. The molecule has 0 saturated heterocycles. The maximum absolute atomic E-state index is 6.07. The van der Waals surface area contributed by atoms with Gasteiger partial charge < -0.3 is 0 Å². The molecule has 1 rings (SSSR count). The van der Waals surface area contributed by atoms with Crippen molar-refractivity contribution in [1.82, 2.24) is 9.43 Å². The number of nitrogens with zero attached hydrogens (tertiary/aromatic N) is 3. The van der Waals surface area contributed by atoms with Crippen LogP contribution in [-0.2, 0) is 0 Å². The number of hydrogen-bond donors (Lipinski definition) is 0. The fraction of sp³-hybridized carbons (Fsp3) is 0.857. The zero-order chi connectivity index (χ0) is 12.6. The summed E-state index contributed by atoms with van der Waals surface area (Å²) in [6, 6.07) is 0. The van der Waals surface area contributed by atoms with Gasteiger partial charge in [0, 0.05) is 18.3 Å². The molecule has 0 bridgehead atoms. The topological polar surface area (TPSA) is 18.8 Å². The average Bonchev–Trinajstić information content (AvgIpc) is 2.46. The van der Waals surface area contributed by atoms with E-state index in [1.807, 2.05) is 6.92 Å². The first-order valence-electron chi connectivity index (χ1n) is 4.41. The van der Waals surface area contributed by atoms with Crippen LogP contribution in [0.25, 0.3) is 0 Å². The van der Waals surface area contributed by atoms with Crippen LogP contribution in [0.2, 0.25) is 0 Å². The maximum atomic E-state index is 6.07. The quantitative estimate of drug-likeness (QED) is 0.568. The van der Waals surface area contributed by atoms with Crippen LogP contribution in [0.1, 0.15) is 13.3 Å². The predicted octanol–water partition coefficient (Wildman–Crippen LogP) is 3.98. The van der Waals surface area contributed by atoms with Crippen LogP contribution in [0, 0.1) is 0 Å². The third-order valence-electron chi connectivity index (χ3n) is 1.98. The van der Waals surface area contributed by atoms with Crippen molar-refractivity contribution in [2.45, 2.75) is 27.6 Å². The van der Waals surface area contributed by atoms with E-state index in [0.717, 1.165) is 6.42 Å². The van der Waals surface area contributed by atoms with E-state index in [0.29, 0.717) is 6.54 Å². The van der Waals surface area contributed by atoms with E-state index in [2.05, 4.69) is 5.10 Å². The first kappa shape index (κ1) is 15.1. The van der Waals surface area contributed by atoms with E-state index in [9.17, 15) is 0 Å². The first-order valence-corrected chi connectivity index (χ1v) is 6.64. The fourth-order valence-electron chi connectivity index (χ4n) is 1.27. The second kappa shape index (κ2) is 5.33. The Labute approximate surface area is 124 Å². The minimum Gasteiger partial charge on any atom is -0.269 e. The number of halogens is 6. The van der Waals surface area contributed by atoms with Crippen molar-refractivity contribution in [3.05, 3.63) is 0 Å². The molecule has 0 amide bonds. The van der Waals surface area contributed by atoms with Gasteiger partial charge in [-0.15, -0.1) is 0 Å². The lowest BCUT2D eigenvalue weighted by Gasteiger charge is -2.38. The minimum absolute atomic E-state index is 0.603. The second-order valence-corrected chi connectivity index (χ2v) is 7.29. The summed E-state index contributed by atoms with van der Waals surface area (Å²) in [5, 5.41) is 5.60. The van der Waals surface area contributed by atoms with Gasteiger partial charge in [-0.3, -0.25) is 5.01 Å². The van der Waals surface area contributed by atoms with Crippen LogP contribution in [0.4, 0.5) is 0 Å². The Bertz CT molecular complexity index is 276. The van der Waals surface area contributed by atoms with Gasteiger partial charge >= 0.3 is 0 Å². The summed E-state index contributed by atoms with van der Waals surface area (Å²) in [7, 11) is 0. The average molecular weight is 348 g/mol. The Morgan fingerprint density at radius 1 is 1.25 bits per heavy atom. The van der Waals surface area contributed by atoms with Crippen LogP contribution < -0.4 is 0 Å². The smallest absolute Gasteiger partial charge is 0.227 e. The second-order valence-electron chi connectivity index (χ2n) is 3.23. The van der Waals surface area contributed by atoms with Gasteiger partial charge in [-0.25, -0.2) is 4.42 Å². The van der Waals surface area contributed by atoms with Crippen molar-refractivity contribution in [1.29, 1.82) is 0 Å². The molecule has 0 saturated carbocycles. The first-order chi connectivity index (χ1) is 7.21. The molecule has 0 aromatic rings. The van der Waals surface area contributed by atoms with E-state index in [1.165, 1.54) is 10.8 Å². The van der Waals surface area contributed by atoms with Crippen LogP contribution in [0.3, 0.4) is 0 Å². The highest BCUT2D eigenvalue weighted by Crippen LogP contribution is 2.51. The number of alkyl halides is 5. The van der Waals surface area contributed by atoms with E-state index in [-0.39, 0.29) is 0 Å². The highest BCUT2D eigenvalue weighted by molar-refractivity contribution is 6.75. The summed E-state index contributed by atoms with van der Waals surface area (Å²) in [6.07, 6.45) is 1.48. The van der Waals surface area contributed by atoms with Gasteiger partial charge in [0.25, 0.3) is 0 Å². The molecule has 1 aliphatic rings. The van der Waals surface area contributed by atoms with Gasteiger partial charge in [-0.2, -0.15) is 5.10 Å². The lowest BCUT2D eigenvalue weighted by molar-refractivity contribution is 0.158. The molecule has 3 nitrogen and oxygen atoms in total. The molecule has 16 heavy (non-hydrogen) atoms. The van der Waals surface area contributed by atoms with Crippen LogP contribution >= 0.6 is 69.8 Å². The molecule has 9 heteroatoms. The van der Waals surface area contributed by atoms with Gasteiger partial charge in [-0.05, 0) is 6.42 Å². The molecule has 0 aliphatic carbocycles. The molecule has 1 atom stereocenters. The SMILES string of the molecule is CCCN1N=CN(Cl)C1C(Cl)(Cl)C(Cl)(Cl)Cl. The van der Waals surface area contributed by atoms with Gasteiger partial charge in [0.05, 0.1) is 0 Å². The molecule has 0 aromatic heterocycles. The number of hydrogen-bond acceptors (Lipinski definition) is 3. The third-order valence-corrected chi connectivity index (χ3v) is 4.69. The monoisotopic (exact) mass is 345 g/mol. The molecule has 0 radical (unpaired) electrons. The molecule has 0 aromatic carbocycles. The Morgan fingerprint density at radius 2 is 1.81 bits per heavy atom. The normalized spacial score (nSPS) is 22.1. The molecule has 1 unspecified atom stereocenters. The molecule has 0 N–H and O–H groups in total. The zero-order valence-corrected chi connectivity index (χ0v) is 12.7. The van der Waals surface area contributed by atoms with Gasteiger partial charge in [0.1, 0.15) is 6.34 Å². The zero-order valence-electron chi connectivity index (χ0n) is 8.18. The van der Waals surface area contributed by atoms with Gasteiger partial charge in [0.15, 0.2) is 6.17 Å². The van der Waals surface area contributed by atoms with E-state index < -0.39 is 14.3 Å². The Morgan fingerprint density at radius 3 is 2.25 bits per heavy atom. The van der Waals surface area contributed by atoms with Crippen LogP contribution in [0.15, 0.2) is 5.10 Å². The summed E-state index contributed by atoms with van der Waals surface area (Å²) in [4.78, 5) is 0. The highest BCUT2D eigenvalue weighted by Gasteiger charge is 2.57. The van der Waals surface area contributed by atoms with E-state index in [1.54, 1.807) is 5.01 Å². The highest BCUT2D eigenvalue weighted by atomic mass is 35.6. The van der Waals surface area contributed by atoms with Crippen molar-refractivity contribution in [3.63, 3.8) is 0 Å².